The minimum absolute atomic E-state index is 0.191. The number of para-hydroxylation sites is 1. The van der Waals surface area contributed by atoms with Gasteiger partial charge in [-0.3, -0.25) is 9.59 Å². The van der Waals surface area contributed by atoms with Crippen molar-refractivity contribution in [3.05, 3.63) is 82.3 Å². The van der Waals surface area contributed by atoms with Crippen molar-refractivity contribution in [1.29, 1.82) is 0 Å². The quantitative estimate of drug-likeness (QED) is 0.409. The van der Waals surface area contributed by atoms with E-state index in [0.29, 0.717) is 10.7 Å². The van der Waals surface area contributed by atoms with E-state index in [1.165, 1.54) is 12.1 Å². The summed E-state index contributed by atoms with van der Waals surface area (Å²) in [5.41, 5.74) is 2.73. The first-order chi connectivity index (χ1) is 14.5. The molecule has 4 rings (SSSR count). The zero-order chi connectivity index (χ0) is 21.1. The number of halogens is 2. The summed E-state index contributed by atoms with van der Waals surface area (Å²) < 4.78 is 1.10. The molecular weight excluding hydrogens is 441 g/mol. The summed E-state index contributed by atoms with van der Waals surface area (Å²) in [6.07, 6.45) is 0. The van der Waals surface area contributed by atoms with E-state index >= 15 is 0 Å². The van der Waals surface area contributed by atoms with E-state index in [1.807, 2.05) is 42.5 Å². The number of carbonyl (C=O) groups is 2. The van der Waals surface area contributed by atoms with Gasteiger partial charge in [-0.1, -0.05) is 47.5 Å². The van der Waals surface area contributed by atoms with Gasteiger partial charge in [-0.05, 0) is 42.5 Å². The van der Waals surface area contributed by atoms with Gasteiger partial charge in [0.05, 0.1) is 27.3 Å². The zero-order valence-corrected chi connectivity index (χ0v) is 17.8. The van der Waals surface area contributed by atoms with Gasteiger partial charge in [0, 0.05) is 16.3 Å². The van der Waals surface area contributed by atoms with E-state index in [1.54, 1.807) is 23.5 Å². The van der Waals surface area contributed by atoms with Crippen molar-refractivity contribution in [3.8, 4) is 10.6 Å². The molecule has 0 unspecified atom stereocenters. The van der Waals surface area contributed by atoms with E-state index in [-0.39, 0.29) is 23.0 Å². The van der Waals surface area contributed by atoms with E-state index in [9.17, 15) is 9.59 Å². The van der Waals surface area contributed by atoms with Crippen molar-refractivity contribution in [2.24, 2.45) is 0 Å². The van der Waals surface area contributed by atoms with Gasteiger partial charge in [-0.2, -0.15) is 0 Å². The molecule has 0 aliphatic carbocycles. The lowest BCUT2D eigenvalue weighted by atomic mass is 10.2. The van der Waals surface area contributed by atoms with Gasteiger partial charge in [-0.25, -0.2) is 4.98 Å². The molecule has 0 fully saturated rings. The molecule has 8 heteroatoms. The Morgan fingerprint density at radius 2 is 1.80 bits per heavy atom. The first-order valence-corrected chi connectivity index (χ1v) is 10.6. The second kappa shape index (κ2) is 8.83. The zero-order valence-electron chi connectivity index (χ0n) is 15.5. The second-order valence-electron chi connectivity index (χ2n) is 6.42. The predicted octanol–water partition coefficient (Wildman–Crippen LogP) is 5.64. The van der Waals surface area contributed by atoms with Crippen molar-refractivity contribution in [3.63, 3.8) is 0 Å². The molecule has 2 N–H and O–H groups in total. The summed E-state index contributed by atoms with van der Waals surface area (Å²) in [5, 5.41) is 6.87. The molecule has 150 valence electrons. The van der Waals surface area contributed by atoms with Crippen LogP contribution in [-0.4, -0.2) is 23.3 Å². The third-order valence-corrected chi connectivity index (χ3v) is 5.91. The fourth-order valence-corrected chi connectivity index (χ4v) is 4.32. The average molecular weight is 456 g/mol. The summed E-state index contributed by atoms with van der Waals surface area (Å²) in [6.45, 7) is -0.191. The smallest absolute Gasteiger partial charge is 0.253 e. The molecule has 0 spiro atoms. The Kier molecular flexibility index (Phi) is 5.99. The SMILES string of the molecule is O=C(CNC(=O)c1ccc(Cl)cc1Cl)Nc1cccc(-c2nc3ccccc3s2)c1. The number of thiazole rings is 1. The Morgan fingerprint density at radius 3 is 2.60 bits per heavy atom. The molecule has 3 aromatic carbocycles. The van der Waals surface area contributed by atoms with Crippen LogP contribution < -0.4 is 10.6 Å². The summed E-state index contributed by atoms with van der Waals surface area (Å²) >= 11 is 13.4. The topological polar surface area (TPSA) is 71.1 Å². The molecule has 1 heterocycles. The number of aromatic nitrogens is 1. The third-order valence-electron chi connectivity index (χ3n) is 4.27. The van der Waals surface area contributed by atoms with Gasteiger partial charge in [0.2, 0.25) is 5.91 Å². The fourth-order valence-electron chi connectivity index (χ4n) is 2.86. The van der Waals surface area contributed by atoms with Crippen molar-refractivity contribution in [1.82, 2.24) is 10.3 Å². The summed E-state index contributed by atoms with van der Waals surface area (Å²) in [7, 11) is 0. The highest BCUT2D eigenvalue weighted by Crippen LogP contribution is 2.31. The standard InChI is InChI=1S/C22H15Cl2N3O2S/c23-14-8-9-16(17(24)11-14)21(29)25-12-20(28)26-15-5-3-4-13(10-15)22-27-18-6-1-2-7-19(18)30-22/h1-11H,12H2,(H,25,29)(H,26,28). The lowest BCUT2D eigenvalue weighted by Gasteiger charge is -2.09. The van der Waals surface area contributed by atoms with Crippen LogP contribution in [0.2, 0.25) is 10.0 Å². The first-order valence-electron chi connectivity index (χ1n) is 8.99. The Balaban J connectivity index is 1.41. The van der Waals surface area contributed by atoms with Crippen molar-refractivity contribution < 1.29 is 9.59 Å². The maximum Gasteiger partial charge on any atom is 0.253 e. The molecule has 5 nitrogen and oxygen atoms in total. The van der Waals surface area contributed by atoms with Gasteiger partial charge in [-0.15, -0.1) is 11.3 Å². The van der Waals surface area contributed by atoms with Crippen LogP contribution in [-0.2, 0) is 4.79 Å². The number of fused-ring (bicyclic) bond motifs is 1. The van der Waals surface area contributed by atoms with Gasteiger partial charge in [0.15, 0.2) is 0 Å². The number of nitrogens with zero attached hydrogens (tertiary/aromatic N) is 1. The molecular formula is C22H15Cl2N3O2S. The number of hydrogen-bond donors (Lipinski definition) is 2. The number of carbonyl (C=O) groups excluding carboxylic acids is 2. The number of hydrogen-bond acceptors (Lipinski definition) is 4. The normalized spacial score (nSPS) is 10.7. The Labute approximate surface area is 186 Å². The monoisotopic (exact) mass is 455 g/mol. The van der Waals surface area contributed by atoms with E-state index < -0.39 is 5.91 Å². The van der Waals surface area contributed by atoms with Crippen LogP contribution in [0.15, 0.2) is 66.7 Å². The van der Waals surface area contributed by atoms with Crippen LogP contribution in [0.4, 0.5) is 5.69 Å². The van der Waals surface area contributed by atoms with E-state index in [4.69, 9.17) is 23.2 Å². The van der Waals surface area contributed by atoms with Crippen molar-refractivity contribution in [2.45, 2.75) is 0 Å². The number of rotatable bonds is 5. The molecule has 0 saturated carbocycles. The van der Waals surface area contributed by atoms with Crippen LogP contribution in [0, 0.1) is 0 Å². The van der Waals surface area contributed by atoms with Crippen molar-refractivity contribution in [2.75, 3.05) is 11.9 Å². The van der Waals surface area contributed by atoms with E-state index in [0.717, 1.165) is 20.8 Å². The lowest BCUT2D eigenvalue weighted by molar-refractivity contribution is -0.115. The molecule has 0 aliphatic rings. The third kappa shape index (κ3) is 4.62. The number of nitrogens with one attached hydrogen (secondary N) is 2. The van der Waals surface area contributed by atoms with Crippen LogP contribution in [0.5, 0.6) is 0 Å². The number of benzene rings is 3. The fraction of sp³-hybridized carbons (Fsp3) is 0.0455. The number of amides is 2. The molecule has 0 bridgehead atoms. The minimum atomic E-state index is -0.449. The Morgan fingerprint density at radius 1 is 0.967 bits per heavy atom. The second-order valence-corrected chi connectivity index (χ2v) is 8.30. The maximum atomic E-state index is 12.3. The Hall–Kier alpha value is -2.93. The number of anilines is 1. The van der Waals surface area contributed by atoms with Crippen LogP contribution in [0.1, 0.15) is 10.4 Å². The molecule has 0 radical (unpaired) electrons. The minimum Gasteiger partial charge on any atom is -0.343 e. The molecule has 0 saturated heterocycles. The van der Waals surface area contributed by atoms with E-state index in [2.05, 4.69) is 15.6 Å². The van der Waals surface area contributed by atoms with Gasteiger partial charge < -0.3 is 10.6 Å². The van der Waals surface area contributed by atoms with Crippen LogP contribution in [0.3, 0.4) is 0 Å². The molecule has 0 aliphatic heterocycles. The predicted molar refractivity (Wildman–Crippen MR) is 122 cm³/mol. The highest BCUT2D eigenvalue weighted by Gasteiger charge is 2.13. The highest BCUT2D eigenvalue weighted by atomic mass is 35.5. The Bertz CT molecular complexity index is 1220. The summed E-state index contributed by atoms with van der Waals surface area (Å²) in [6, 6.07) is 19.9. The largest absolute Gasteiger partial charge is 0.343 e. The van der Waals surface area contributed by atoms with Gasteiger partial charge >= 0.3 is 0 Å². The molecule has 2 amide bonds. The molecule has 4 aromatic rings. The maximum absolute atomic E-state index is 12.3. The molecule has 30 heavy (non-hydrogen) atoms. The van der Waals surface area contributed by atoms with Gasteiger partial charge in [0.25, 0.3) is 5.91 Å². The van der Waals surface area contributed by atoms with Crippen LogP contribution in [0.25, 0.3) is 20.8 Å². The van der Waals surface area contributed by atoms with Gasteiger partial charge in [0.1, 0.15) is 5.01 Å². The first kappa shape index (κ1) is 20.3. The highest BCUT2D eigenvalue weighted by molar-refractivity contribution is 7.21. The lowest BCUT2D eigenvalue weighted by Crippen LogP contribution is -2.33. The summed E-state index contributed by atoms with van der Waals surface area (Å²) in [4.78, 5) is 29.2. The van der Waals surface area contributed by atoms with Crippen LogP contribution >= 0.6 is 34.5 Å². The summed E-state index contributed by atoms with van der Waals surface area (Å²) in [5.74, 6) is -0.801. The average Bonchev–Trinajstić information content (AvgIpc) is 3.17. The van der Waals surface area contributed by atoms with Crippen molar-refractivity contribution >= 4 is 62.3 Å². The molecule has 0 atom stereocenters. The molecule has 1 aromatic heterocycles.